The van der Waals surface area contributed by atoms with Gasteiger partial charge in [0.25, 0.3) is 0 Å². The summed E-state index contributed by atoms with van der Waals surface area (Å²) < 4.78 is 13.9. The number of carbonyl (C=O) groups excluding carboxylic acids is 1. The Labute approximate surface area is 188 Å². The first-order chi connectivity index (χ1) is 14.9. The Morgan fingerprint density at radius 2 is 1.77 bits per heavy atom. The Balaban J connectivity index is 1.70. The first-order valence-electron chi connectivity index (χ1n) is 12.0. The fourth-order valence-electron chi connectivity index (χ4n) is 5.43. The van der Waals surface area contributed by atoms with Gasteiger partial charge in [0.1, 0.15) is 11.0 Å². The summed E-state index contributed by atoms with van der Waals surface area (Å²) in [4.78, 5) is 29.0. The third-order valence-corrected chi connectivity index (χ3v) is 8.56. The van der Waals surface area contributed by atoms with Crippen LogP contribution in [0.2, 0.25) is 0 Å². The molecule has 6 heteroatoms. The van der Waals surface area contributed by atoms with Gasteiger partial charge in [0.15, 0.2) is 0 Å². The molecule has 0 radical (unpaired) electrons. The second kappa shape index (κ2) is 9.85. The molecule has 4 nitrogen and oxygen atoms in total. The second-order valence-electron chi connectivity index (χ2n) is 9.68. The van der Waals surface area contributed by atoms with Crippen molar-refractivity contribution in [2.45, 2.75) is 96.2 Å². The summed E-state index contributed by atoms with van der Waals surface area (Å²) in [6.45, 7) is 2.23. The predicted molar refractivity (Wildman–Crippen MR) is 123 cm³/mol. The van der Waals surface area contributed by atoms with E-state index in [1.54, 1.807) is 4.90 Å². The molecule has 1 aromatic heterocycles. The third kappa shape index (κ3) is 5.05. The van der Waals surface area contributed by atoms with Gasteiger partial charge in [-0.2, -0.15) is 0 Å². The maximum atomic E-state index is 13.9. The van der Waals surface area contributed by atoms with Crippen molar-refractivity contribution in [3.63, 3.8) is 0 Å². The van der Waals surface area contributed by atoms with Crippen molar-refractivity contribution in [3.8, 4) is 0 Å². The van der Waals surface area contributed by atoms with Crippen molar-refractivity contribution in [1.29, 1.82) is 0 Å². The van der Waals surface area contributed by atoms with Crippen LogP contribution in [-0.2, 0) is 4.79 Å². The van der Waals surface area contributed by atoms with Crippen LogP contribution in [0.25, 0.3) is 5.57 Å². The zero-order valence-corrected chi connectivity index (χ0v) is 19.3. The van der Waals surface area contributed by atoms with Crippen molar-refractivity contribution in [3.05, 3.63) is 21.9 Å². The van der Waals surface area contributed by atoms with E-state index < -0.39 is 12.1 Å². The standard InChI is InChI=1S/C25H34FNO3S/c1-16-7-9-18(10-8-16)24(28)27(20-13-11-19(26)12-14-20)21-15-22(31-23(21)25(29)30)17-5-3-2-4-6-17/h5,15-16,18-20H,2-4,6-14H2,1H3,(H,29,30). The number of carboxylic acids is 1. The first kappa shape index (κ1) is 22.5. The molecule has 0 unspecified atom stereocenters. The lowest BCUT2D eigenvalue weighted by Gasteiger charge is -2.38. The molecule has 1 heterocycles. The Morgan fingerprint density at radius 3 is 2.39 bits per heavy atom. The smallest absolute Gasteiger partial charge is 0.348 e. The molecule has 0 saturated heterocycles. The van der Waals surface area contributed by atoms with Crippen LogP contribution in [0.3, 0.4) is 0 Å². The van der Waals surface area contributed by atoms with Crippen LogP contribution in [0, 0.1) is 11.8 Å². The molecule has 2 fully saturated rings. The van der Waals surface area contributed by atoms with Gasteiger partial charge in [-0.3, -0.25) is 4.79 Å². The Hall–Kier alpha value is -1.69. The molecule has 0 aliphatic heterocycles. The molecule has 1 N–H and O–H groups in total. The van der Waals surface area contributed by atoms with Crippen LogP contribution < -0.4 is 4.90 Å². The molecule has 3 aliphatic rings. The van der Waals surface area contributed by atoms with Gasteiger partial charge in [-0.25, -0.2) is 9.18 Å². The summed E-state index contributed by atoms with van der Waals surface area (Å²) >= 11 is 1.30. The zero-order valence-electron chi connectivity index (χ0n) is 18.4. The minimum Gasteiger partial charge on any atom is -0.477 e. The molecule has 4 rings (SSSR count). The number of hydrogen-bond donors (Lipinski definition) is 1. The minimum atomic E-state index is -0.975. The maximum absolute atomic E-state index is 13.9. The second-order valence-corrected chi connectivity index (χ2v) is 10.7. The number of nitrogens with zero attached hydrogens (tertiary/aromatic N) is 1. The van der Waals surface area contributed by atoms with Crippen molar-refractivity contribution in [2.75, 3.05) is 4.90 Å². The fraction of sp³-hybridized carbons (Fsp3) is 0.680. The summed E-state index contributed by atoms with van der Waals surface area (Å²) in [5.41, 5.74) is 1.75. The number of hydrogen-bond acceptors (Lipinski definition) is 3. The lowest BCUT2D eigenvalue weighted by atomic mass is 9.81. The van der Waals surface area contributed by atoms with Crippen LogP contribution in [0.1, 0.15) is 98.5 Å². The summed E-state index contributed by atoms with van der Waals surface area (Å²) in [5, 5.41) is 9.99. The average molecular weight is 448 g/mol. The highest BCUT2D eigenvalue weighted by molar-refractivity contribution is 7.15. The van der Waals surface area contributed by atoms with Crippen LogP contribution in [-0.4, -0.2) is 29.2 Å². The number of thiophene rings is 1. The van der Waals surface area contributed by atoms with Crippen LogP contribution >= 0.6 is 11.3 Å². The molecular weight excluding hydrogens is 413 g/mol. The van der Waals surface area contributed by atoms with Crippen LogP contribution in [0.4, 0.5) is 10.1 Å². The van der Waals surface area contributed by atoms with Crippen molar-refractivity contribution in [2.24, 2.45) is 11.8 Å². The average Bonchev–Trinajstić information content (AvgIpc) is 3.22. The number of alkyl halides is 1. The van der Waals surface area contributed by atoms with Gasteiger partial charge < -0.3 is 10.0 Å². The molecule has 1 amide bonds. The Bertz CT molecular complexity index is 832. The number of carbonyl (C=O) groups is 2. The van der Waals surface area contributed by atoms with Gasteiger partial charge >= 0.3 is 5.97 Å². The van der Waals surface area contributed by atoms with Crippen molar-refractivity contribution < 1.29 is 19.1 Å². The van der Waals surface area contributed by atoms with Crippen molar-refractivity contribution in [1.82, 2.24) is 0 Å². The lowest BCUT2D eigenvalue weighted by molar-refractivity contribution is -0.124. The van der Waals surface area contributed by atoms with Gasteiger partial charge in [-0.15, -0.1) is 11.3 Å². The van der Waals surface area contributed by atoms with Gasteiger partial charge in [0, 0.05) is 16.8 Å². The quantitative estimate of drug-likeness (QED) is 0.537. The summed E-state index contributed by atoms with van der Waals surface area (Å²) in [6, 6.07) is 1.83. The van der Waals surface area contributed by atoms with E-state index in [1.165, 1.54) is 23.3 Å². The lowest BCUT2D eigenvalue weighted by Crippen LogP contribution is -2.46. The summed E-state index contributed by atoms with van der Waals surface area (Å²) in [6.07, 6.45) is 11.6. The number of carboxylic acid groups (broad SMARTS) is 1. The SMILES string of the molecule is CC1CCC(C(=O)N(c2cc(C3=CCCCC3)sc2C(=O)O)C2CCC(F)CC2)CC1. The number of halogens is 1. The van der Waals surface area contributed by atoms with E-state index >= 15 is 0 Å². The zero-order chi connectivity index (χ0) is 22.0. The number of amides is 1. The maximum Gasteiger partial charge on any atom is 0.348 e. The van der Waals surface area contributed by atoms with Gasteiger partial charge in [-0.05, 0) is 94.6 Å². The largest absolute Gasteiger partial charge is 0.477 e. The molecule has 0 spiro atoms. The van der Waals surface area contributed by atoms with Gasteiger partial charge in [0.2, 0.25) is 5.91 Å². The molecule has 0 atom stereocenters. The van der Waals surface area contributed by atoms with E-state index in [9.17, 15) is 19.1 Å². The van der Waals surface area contributed by atoms with E-state index in [2.05, 4.69) is 13.0 Å². The molecular formula is C25H34FNO3S. The molecule has 0 aromatic carbocycles. The normalized spacial score (nSPS) is 29.3. The monoisotopic (exact) mass is 447 g/mol. The van der Waals surface area contributed by atoms with Crippen molar-refractivity contribution >= 4 is 34.5 Å². The molecule has 0 bridgehead atoms. The number of anilines is 1. The van der Waals surface area contributed by atoms with Crippen LogP contribution in [0.15, 0.2) is 12.1 Å². The molecule has 31 heavy (non-hydrogen) atoms. The Kier molecular flexibility index (Phi) is 7.15. The minimum absolute atomic E-state index is 0.0543. The van der Waals surface area contributed by atoms with E-state index in [4.69, 9.17) is 0 Å². The number of aromatic carboxylic acids is 1. The first-order valence-corrected chi connectivity index (χ1v) is 12.8. The third-order valence-electron chi connectivity index (χ3n) is 7.37. The molecule has 1 aromatic rings. The Morgan fingerprint density at radius 1 is 1.06 bits per heavy atom. The highest BCUT2D eigenvalue weighted by Crippen LogP contribution is 2.42. The molecule has 2 saturated carbocycles. The van der Waals surface area contributed by atoms with E-state index in [0.717, 1.165) is 49.8 Å². The van der Waals surface area contributed by atoms with E-state index in [1.807, 2.05) is 6.07 Å². The number of allylic oxidation sites excluding steroid dienone is 2. The topological polar surface area (TPSA) is 57.6 Å². The molecule has 170 valence electrons. The van der Waals surface area contributed by atoms with Crippen LogP contribution in [0.5, 0.6) is 0 Å². The highest BCUT2D eigenvalue weighted by Gasteiger charge is 2.37. The van der Waals surface area contributed by atoms with Gasteiger partial charge in [-0.1, -0.05) is 13.0 Å². The predicted octanol–water partition coefficient (Wildman–Crippen LogP) is 6.84. The highest BCUT2D eigenvalue weighted by atomic mass is 32.1. The van der Waals surface area contributed by atoms with E-state index in [0.29, 0.717) is 37.3 Å². The van der Waals surface area contributed by atoms with Gasteiger partial charge in [0.05, 0.1) is 5.69 Å². The summed E-state index contributed by atoms with van der Waals surface area (Å²) in [5.74, 6) is -0.339. The summed E-state index contributed by atoms with van der Waals surface area (Å²) in [7, 11) is 0. The fourth-order valence-corrected chi connectivity index (χ4v) is 6.48. The molecule has 3 aliphatic carbocycles. The van der Waals surface area contributed by atoms with E-state index in [-0.39, 0.29) is 22.7 Å². The number of rotatable bonds is 5.